The summed E-state index contributed by atoms with van der Waals surface area (Å²) in [4.78, 5) is 0. The fourth-order valence-electron chi connectivity index (χ4n) is 1.48. The van der Waals surface area contributed by atoms with Crippen LogP contribution in [0.4, 0.5) is 13.2 Å². The number of phenols is 1. The van der Waals surface area contributed by atoms with Crippen molar-refractivity contribution in [1.29, 1.82) is 0 Å². The van der Waals surface area contributed by atoms with Crippen LogP contribution in [0.5, 0.6) is 5.75 Å². The molecule has 0 radical (unpaired) electrons. The van der Waals surface area contributed by atoms with Crippen molar-refractivity contribution in [2.45, 2.75) is 0 Å². The van der Waals surface area contributed by atoms with Gasteiger partial charge in [-0.15, -0.1) is 0 Å². The minimum absolute atomic E-state index is 0.0768. The summed E-state index contributed by atoms with van der Waals surface area (Å²) in [5.74, 6) is -1.44. The zero-order valence-electron chi connectivity index (χ0n) is 8.05. The lowest BCUT2D eigenvalue weighted by Gasteiger charge is -2.01. The Kier molecular flexibility index (Phi) is 2.56. The van der Waals surface area contributed by atoms with Gasteiger partial charge >= 0.3 is 6.08 Å². The average molecular weight is 224 g/mol. The van der Waals surface area contributed by atoms with Gasteiger partial charge in [0.05, 0.1) is 0 Å². The van der Waals surface area contributed by atoms with E-state index in [9.17, 15) is 18.3 Å². The molecule has 2 rings (SSSR count). The van der Waals surface area contributed by atoms with Gasteiger partial charge in [-0.3, -0.25) is 0 Å². The molecule has 0 saturated carbocycles. The van der Waals surface area contributed by atoms with Crippen LogP contribution in [0.2, 0.25) is 0 Å². The largest absolute Gasteiger partial charge is 0.508 e. The van der Waals surface area contributed by atoms with Gasteiger partial charge in [-0.2, -0.15) is 8.78 Å². The van der Waals surface area contributed by atoms with Crippen LogP contribution < -0.4 is 0 Å². The molecule has 0 aliphatic rings. The molecular formula is C12H7F3O. The minimum Gasteiger partial charge on any atom is -0.508 e. The lowest BCUT2D eigenvalue weighted by molar-refractivity contribution is 0.410. The van der Waals surface area contributed by atoms with Crippen molar-refractivity contribution >= 4 is 16.6 Å². The number of phenolic OH excluding ortho intramolecular Hbond substituents is 1. The van der Waals surface area contributed by atoms with Crippen LogP contribution in [-0.4, -0.2) is 5.11 Å². The molecule has 0 atom stereocenters. The molecule has 0 aromatic heterocycles. The summed E-state index contributed by atoms with van der Waals surface area (Å²) >= 11 is 0. The molecule has 1 nitrogen and oxygen atoms in total. The van der Waals surface area contributed by atoms with Crippen molar-refractivity contribution in [3.8, 4) is 5.75 Å². The van der Waals surface area contributed by atoms with Crippen molar-refractivity contribution in [3.63, 3.8) is 0 Å². The number of hydrogen-bond donors (Lipinski definition) is 1. The maximum Gasteiger partial charge on any atom is 0.306 e. The van der Waals surface area contributed by atoms with E-state index in [2.05, 4.69) is 0 Å². The van der Waals surface area contributed by atoms with Gasteiger partial charge in [0.2, 0.25) is 0 Å². The lowest BCUT2D eigenvalue weighted by atomic mass is 10.1. The Balaban J connectivity index is 2.61. The van der Waals surface area contributed by atoms with Crippen LogP contribution >= 0.6 is 0 Å². The van der Waals surface area contributed by atoms with E-state index in [1.807, 2.05) is 0 Å². The molecule has 4 heteroatoms. The molecule has 2 aromatic rings. The first-order chi connectivity index (χ1) is 7.58. The second kappa shape index (κ2) is 3.89. The fraction of sp³-hybridized carbons (Fsp3) is 0. The van der Waals surface area contributed by atoms with Crippen molar-refractivity contribution in [2.75, 3.05) is 0 Å². The molecule has 0 fully saturated rings. The van der Waals surface area contributed by atoms with Gasteiger partial charge in [0.25, 0.3) is 0 Å². The normalized spacial score (nSPS) is 10.4. The molecular weight excluding hydrogens is 217 g/mol. The summed E-state index contributed by atoms with van der Waals surface area (Å²) in [6.07, 6.45) is -2.34. The molecule has 0 heterocycles. The fourth-order valence-corrected chi connectivity index (χ4v) is 1.48. The van der Waals surface area contributed by atoms with Gasteiger partial charge < -0.3 is 5.11 Å². The highest BCUT2D eigenvalue weighted by Gasteiger charge is 2.08. The number of halogens is 3. The van der Waals surface area contributed by atoms with Crippen molar-refractivity contribution in [2.24, 2.45) is 0 Å². The molecule has 0 saturated heterocycles. The van der Waals surface area contributed by atoms with Crippen LogP contribution in [0.1, 0.15) is 5.56 Å². The topological polar surface area (TPSA) is 20.2 Å². The second-order valence-corrected chi connectivity index (χ2v) is 3.32. The first-order valence-corrected chi connectivity index (χ1v) is 4.52. The number of hydrogen-bond acceptors (Lipinski definition) is 1. The Morgan fingerprint density at radius 2 is 1.50 bits per heavy atom. The van der Waals surface area contributed by atoms with Crippen molar-refractivity contribution in [1.82, 2.24) is 0 Å². The number of rotatable bonds is 1. The standard InChI is InChI=1S/C12H7F3O/c13-11(12(14)15)9-2-1-8-6-10(16)4-3-7(8)5-9/h1-6,16H. The van der Waals surface area contributed by atoms with Crippen LogP contribution in [-0.2, 0) is 0 Å². The highest BCUT2D eigenvalue weighted by Crippen LogP contribution is 2.27. The SMILES string of the molecule is Oc1ccc2cc(C(F)=C(F)F)ccc2c1. The monoisotopic (exact) mass is 224 g/mol. The quantitative estimate of drug-likeness (QED) is 0.773. The molecule has 1 N–H and O–H groups in total. The third-order valence-electron chi connectivity index (χ3n) is 2.24. The summed E-state index contributed by atoms with van der Waals surface area (Å²) in [7, 11) is 0. The van der Waals surface area contributed by atoms with Gasteiger partial charge in [0.15, 0.2) is 5.83 Å². The Bertz CT molecular complexity index is 571. The Morgan fingerprint density at radius 1 is 0.875 bits per heavy atom. The van der Waals surface area contributed by atoms with Gasteiger partial charge in [-0.05, 0) is 29.0 Å². The second-order valence-electron chi connectivity index (χ2n) is 3.32. The van der Waals surface area contributed by atoms with Crippen LogP contribution in [0, 0.1) is 0 Å². The Hall–Kier alpha value is -1.97. The van der Waals surface area contributed by atoms with E-state index in [4.69, 9.17) is 0 Å². The van der Waals surface area contributed by atoms with E-state index in [-0.39, 0.29) is 11.3 Å². The molecule has 0 aliphatic heterocycles. The Morgan fingerprint density at radius 3 is 2.19 bits per heavy atom. The number of aromatic hydroxyl groups is 1. The van der Waals surface area contributed by atoms with Crippen LogP contribution in [0.15, 0.2) is 42.5 Å². The zero-order chi connectivity index (χ0) is 11.7. The van der Waals surface area contributed by atoms with E-state index in [0.29, 0.717) is 10.8 Å². The van der Waals surface area contributed by atoms with E-state index in [1.54, 1.807) is 0 Å². The molecule has 0 aliphatic carbocycles. The van der Waals surface area contributed by atoms with Gasteiger partial charge in [0.1, 0.15) is 5.75 Å². The third-order valence-corrected chi connectivity index (χ3v) is 2.24. The third kappa shape index (κ3) is 1.86. The van der Waals surface area contributed by atoms with E-state index in [0.717, 1.165) is 0 Å². The molecule has 2 aromatic carbocycles. The summed E-state index contributed by atoms with van der Waals surface area (Å²) in [6.45, 7) is 0. The lowest BCUT2D eigenvalue weighted by Crippen LogP contribution is -1.81. The summed E-state index contributed by atoms with van der Waals surface area (Å²) in [6, 6.07) is 8.47. The predicted molar refractivity (Wildman–Crippen MR) is 55.9 cm³/mol. The summed E-state index contributed by atoms with van der Waals surface area (Å²) < 4.78 is 37.0. The predicted octanol–water partition coefficient (Wildman–Crippen LogP) is 4.08. The smallest absolute Gasteiger partial charge is 0.306 e. The first-order valence-electron chi connectivity index (χ1n) is 4.52. The summed E-state index contributed by atoms with van der Waals surface area (Å²) in [5, 5.41) is 10.4. The zero-order valence-corrected chi connectivity index (χ0v) is 8.05. The molecule has 82 valence electrons. The van der Waals surface area contributed by atoms with Crippen molar-refractivity contribution in [3.05, 3.63) is 48.0 Å². The molecule has 0 spiro atoms. The number of benzene rings is 2. The highest BCUT2D eigenvalue weighted by atomic mass is 19.3. The minimum atomic E-state index is -2.34. The van der Waals surface area contributed by atoms with E-state index >= 15 is 0 Å². The molecule has 0 amide bonds. The van der Waals surface area contributed by atoms with Crippen molar-refractivity contribution < 1.29 is 18.3 Å². The Labute approximate surface area is 89.4 Å². The molecule has 16 heavy (non-hydrogen) atoms. The van der Waals surface area contributed by atoms with Gasteiger partial charge in [-0.25, -0.2) is 4.39 Å². The maximum absolute atomic E-state index is 12.9. The van der Waals surface area contributed by atoms with E-state index < -0.39 is 11.9 Å². The highest BCUT2D eigenvalue weighted by molar-refractivity contribution is 5.86. The first kappa shape index (κ1) is 10.5. The average Bonchev–Trinajstić information content (AvgIpc) is 2.27. The van der Waals surface area contributed by atoms with Gasteiger partial charge in [0, 0.05) is 5.56 Å². The van der Waals surface area contributed by atoms with E-state index in [1.165, 1.54) is 36.4 Å². The van der Waals surface area contributed by atoms with Gasteiger partial charge in [-0.1, -0.05) is 18.2 Å². The van der Waals surface area contributed by atoms with Crippen LogP contribution in [0.3, 0.4) is 0 Å². The molecule has 0 bridgehead atoms. The number of fused-ring (bicyclic) bond motifs is 1. The maximum atomic E-state index is 12.9. The summed E-state index contributed by atoms with van der Waals surface area (Å²) in [5.41, 5.74) is -0.168. The van der Waals surface area contributed by atoms with Crippen LogP contribution in [0.25, 0.3) is 16.6 Å². The molecule has 0 unspecified atom stereocenters.